The minimum absolute atomic E-state index is 0.141. The first-order valence-corrected chi connectivity index (χ1v) is 6.98. The first-order valence-electron chi connectivity index (χ1n) is 6.98. The Labute approximate surface area is 124 Å². The maximum Gasteiger partial charge on any atom is 0.322 e. The van der Waals surface area contributed by atoms with Gasteiger partial charge in [-0.25, -0.2) is 14.8 Å². The smallest absolute Gasteiger partial charge is 0.322 e. The lowest BCUT2D eigenvalue weighted by Crippen LogP contribution is -2.32. The van der Waals surface area contributed by atoms with E-state index in [2.05, 4.69) is 15.3 Å². The molecule has 2 rings (SSSR count). The first-order chi connectivity index (χ1) is 10.0. The average molecular weight is 287 g/mol. The van der Waals surface area contributed by atoms with E-state index < -0.39 is 0 Å². The van der Waals surface area contributed by atoms with Crippen molar-refractivity contribution < 1.29 is 4.79 Å². The molecule has 2 heterocycles. The Balaban J connectivity index is 1.81. The molecule has 6 heteroatoms. The molecule has 0 atom stereocenters. The van der Waals surface area contributed by atoms with Gasteiger partial charge in [-0.15, -0.1) is 0 Å². The zero-order valence-corrected chi connectivity index (χ0v) is 12.7. The summed E-state index contributed by atoms with van der Waals surface area (Å²) in [5.41, 5.74) is 1.98. The molecule has 6 nitrogen and oxygen atoms in total. The number of hydrogen-bond acceptors (Lipinski definition) is 3. The van der Waals surface area contributed by atoms with Gasteiger partial charge in [-0.2, -0.15) is 0 Å². The van der Waals surface area contributed by atoms with E-state index in [9.17, 15) is 4.79 Å². The monoisotopic (exact) mass is 287 g/mol. The highest BCUT2D eigenvalue weighted by Crippen LogP contribution is 2.09. The van der Waals surface area contributed by atoms with Gasteiger partial charge in [0.05, 0.1) is 6.33 Å². The van der Waals surface area contributed by atoms with Crippen molar-refractivity contribution in [2.24, 2.45) is 0 Å². The Morgan fingerprint density at radius 1 is 1.38 bits per heavy atom. The second-order valence-corrected chi connectivity index (χ2v) is 5.18. The zero-order valence-electron chi connectivity index (χ0n) is 12.7. The molecule has 0 aliphatic carbocycles. The van der Waals surface area contributed by atoms with Crippen LogP contribution in [0.1, 0.15) is 17.7 Å². The van der Waals surface area contributed by atoms with Crippen LogP contribution in [-0.2, 0) is 6.54 Å². The standard InChI is InChI=1S/C15H21N5O/c1-12-9-13(2)17-14(10-12)18-15(21)19(3)6-4-7-20-8-5-16-11-20/h5,8-11H,4,6-7H2,1-3H3,(H,17,18,21). The quantitative estimate of drug-likeness (QED) is 0.918. The Hall–Kier alpha value is -2.37. The van der Waals surface area contributed by atoms with E-state index >= 15 is 0 Å². The number of imidazole rings is 1. The van der Waals surface area contributed by atoms with Gasteiger partial charge in [0.15, 0.2) is 0 Å². The third-order valence-electron chi connectivity index (χ3n) is 3.15. The molecule has 0 radical (unpaired) electrons. The summed E-state index contributed by atoms with van der Waals surface area (Å²) < 4.78 is 2.00. The van der Waals surface area contributed by atoms with Crippen LogP contribution in [0.25, 0.3) is 0 Å². The van der Waals surface area contributed by atoms with E-state index in [0.717, 1.165) is 24.2 Å². The molecule has 0 aliphatic rings. The Morgan fingerprint density at radius 3 is 2.86 bits per heavy atom. The van der Waals surface area contributed by atoms with Gasteiger partial charge in [0, 0.05) is 38.2 Å². The minimum Gasteiger partial charge on any atom is -0.337 e. The lowest BCUT2D eigenvalue weighted by molar-refractivity contribution is 0.221. The van der Waals surface area contributed by atoms with Gasteiger partial charge in [0.1, 0.15) is 5.82 Å². The van der Waals surface area contributed by atoms with Crippen LogP contribution in [0.4, 0.5) is 10.6 Å². The van der Waals surface area contributed by atoms with Crippen molar-refractivity contribution in [1.29, 1.82) is 0 Å². The van der Waals surface area contributed by atoms with Gasteiger partial charge < -0.3 is 9.47 Å². The van der Waals surface area contributed by atoms with E-state index in [0.29, 0.717) is 12.4 Å². The summed E-state index contributed by atoms with van der Waals surface area (Å²) in [6.07, 6.45) is 6.32. The maximum atomic E-state index is 12.1. The number of aryl methyl sites for hydroxylation is 3. The number of carbonyl (C=O) groups excluding carboxylic acids is 1. The van der Waals surface area contributed by atoms with Gasteiger partial charge in [-0.1, -0.05) is 0 Å². The van der Waals surface area contributed by atoms with Crippen molar-refractivity contribution in [3.05, 3.63) is 42.1 Å². The highest BCUT2D eigenvalue weighted by molar-refractivity contribution is 5.88. The Bertz CT molecular complexity index is 574. The van der Waals surface area contributed by atoms with Crippen molar-refractivity contribution in [2.75, 3.05) is 18.9 Å². The molecule has 2 aromatic heterocycles. The number of anilines is 1. The number of rotatable bonds is 5. The molecule has 2 amide bonds. The first kappa shape index (κ1) is 15.0. The van der Waals surface area contributed by atoms with Crippen LogP contribution < -0.4 is 5.32 Å². The fourth-order valence-electron chi connectivity index (χ4n) is 2.12. The molecule has 2 aromatic rings. The number of carbonyl (C=O) groups is 1. The Kier molecular flexibility index (Phi) is 4.92. The zero-order chi connectivity index (χ0) is 15.2. The fourth-order valence-corrected chi connectivity index (χ4v) is 2.12. The van der Waals surface area contributed by atoms with E-state index in [1.54, 1.807) is 24.5 Å². The molecule has 0 aromatic carbocycles. The minimum atomic E-state index is -0.141. The highest BCUT2D eigenvalue weighted by atomic mass is 16.2. The van der Waals surface area contributed by atoms with Crippen molar-refractivity contribution in [3.63, 3.8) is 0 Å². The van der Waals surface area contributed by atoms with Crippen LogP contribution >= 0.6 is 0 Å². The maximum absolute atomic E-state index is 12.1. The van der Waals surface area contributed by atoms with Gasteiger partial charge in [0.25, 0.3) is 0 Å². The molecule has 0 aliphatic heterocycles. The fraction of sp³-hybridized carbons (Fsp3) is 0.400. The van der Waals surface area contributed by atoms with Gasteiger partial charge in [-0.3, -0.25) is 5.32 Å². The van der Waals surface area contributed by atoms with E-state index in [-0.39, 0.29) is 6.03 Å². The third kappa shape index (κ3) is 4.59. The van der Waals surface area contributed by atoms with Crippen LogP contribution in [0.3, 0.4) is 0 Å². The summed E-state index contributed by atoms with van der Waals surface area (Å²) in [5.74, 6) is 0.596. The summed E-state index contributed by atoms with van der Waals surface area (Å²) in [4.78, 5) is 22.0. The van der Waals surface area contributed by atoms with Gasteiger partial charge in [0.2, 0.25) is 0 Å². The molecule has 112 valence electrons. The average Bonchev–Trinajstić information content (AvgIpc) is 2.90. The van der Waals surface area contributed by atoms with E-state index in [1.165, 1.54) is 0 Å². The highest BCUT2D eigenvalue weighted by Gasteiger charge is 2.09. The summed E-state index contributed by atoms with van der Waals surface area (Å²) in [6.45, 7) is 5.42. The summed E-state index contributed by atoms with van der Waals surface area (Å²) in [5, 5.41) is 2.82. The molecule has 0 fully saturated rings. The molecule has 0 bridgehead atoms. The van der Waals surface area contributed by atoms with Gasteiger partial charge in [-0.05, 0) is 38.0 Å². The van der Waals surface area contributed by atoms with E-state index in [1.807, 2.05) is 36.7 Å². The van der Waals surface area contributed by atoms with Crippen LogP contribution in [0.5, 0.6) is 0 Å². The van der Waals surface area contributed by atoms with Crippen LogP contribution in [-0.4, -0.2) is 39.1 Å². The molecular formula is C15H21N5O. The predicted molar refractivity (Wildman–Crippen MR) is 82.2 cm³/mol. The SMILES string of the molecule is Cc1cc(C)nc(NC(=O)N(C)CCCn2ccnc2)c1. The van der Waals surface area contributed by atoms with Gasteiger partial charge >= 0.3 is 6.03 Å². The number of amides is 2. The molecule has 0 saturated heterocycles. The molecule has 0 saturated carbocycles. The number of hydrogen-bond donors (Lipinski definition) is 1. The van der Waals surface area contributed by atoms with E-state index in [4.69, 9.17) is 0 Å². The molecular weight excluding hydrogens is 266 g/mol. The second kappa shape index (κ2) is 6.88. The lowest BCUT2D eigenvalue weighted by atomic mass is 10.2. The number of nitrogens with one attached hydrogen (secondary N) is 1. The topological polar surface area (TPSA) is 63.1 Å². The van der Waals surface area contributed by atoms with Crippen molar-refractivity contribution in [3.8, 4) is 0 Å². The molecule has 21 heavy (non-hydrogen) atoms. The Morgan fingerprint density at radius 2 is 2.19 bits per heavy atom. The summed E-state index contributed by atoms with van der Waals surface area (Å²) in [6, 6.07) is 3.70. The van der Waals surface area contributed by atoms with Crippen LogP contribution in [0.2, 0.25) is 0 Å². The lowest BCUT2D eigenvalue weighted by Gasteiger charge is -2.18. The predicted octanol–water partition coefficient (Wildman–Crippen LogP) is 2.45. The second-order valence-electron chi connectivity index (χ2n) is 5.18. The number of urea groups is 1. The van der Waals surface area contributed by atoms with Crippen molar-refractivity contribution in [1.82, 2.24) is 19.4 Å². The third-order valence-corrected chi connectivity index (χ3v) is 3.15. The van der Waals surface area contributed by atoms with Crippen LogP contribution in [0, 0.1) is 13.8 Å². The summed E-state index contributed by atoms with van der Waals surface area (Å²) >= 11 is 0. The molecule has 1 N–H and O–H groups in total. The molecule has 0 unspecified atom stereocenters. The normalized spacial score (nSPS) is 10.4. The van der Waals surface area contributed by atoms with Crippen molar-refractivity contribution in [2.45, 2.75) is 26.8 Å². The molecule has 0 spiro atoms. The summed E-state index contributed by atoms with van der Waals surface area (Å²) in [7, 11) is 1.78. The number of pyridine rings is 1. The largest absolute Gasteiger partial charge is 0.337 e. The van der Waals surface area contributed by atoms with Crippen molar-refractivity contribution >= 4 is 11.8 Å². The number of aromatic nitrogens is 3. The van der Waals surface area contributed by atoms with Crippen LogP contribution in [0.15, 0.2) is 30.9 Å². The number of nitrogens with zero attached hydrogens (tertiary/aromatic N) is 4.